The summed E-state index contributed by atoms with van der Waals surface area (Å²) >= 11 is 0. The molecule has 1 aromatic carbocycles. The number of nitriles is 1. The molecule has 7 heteroatoms. The molecule has 2 aromatic rings. The molecule has 0 saturated carbocycles. The summed E-state index contributed by atoms with van der Waals surface area (Å²) in [5.41, 5.74) is 0.678. The Balaban J connectivity index is 2.49. The van der Waals surface area contributed by atoms with Gasteiger partial charge >= 0.3 is 5.97 Å². The highest BCUT2D eigenvalue weighted by molar-refractivity contribution is 7.95. The predicted molar refractivity (Wildman–Crippen MR) is 84.0 cm³/mol. The monoisotopic (exact) mass is 330 g/mol. The molecule has 0 N–H and O–H groups in total. The van der Waals surface area contributed by atoms with E-state index in [2.05, 4.69) is 4.74 Å². The van der Waals surface area contributed by atoms with Crippen molar-refractivity contribution in [2.45, 2.75) is 4.90 Å². The van der Waals surface area contributed by atoms with Gasteiger partial charge in [-0.05, 0) is 29.8 Å². The summed E-state index contributed by atoms with van der Waals surface area (Å²) < 4.78 is 31.1. The second kappa shape index (κ2) is 6.50. The lowest BCUT2D eigenvalue weighted by Crippen LogP contribution is -2.06. The third kappa shape index (κ3) is 3.33. The summed E-state index contributed by atoms with van der Waals surface area (Å²) in [4.78, 5) is 11.2. The van der Waals surface area contributed by atoms with Gasteiger partial charge in [0, 0.05) is 13.2 Å². The van der Waals surface area contributed by atoms with Crippen LogP contribution in [-0.4, -0.2) is 26.1 Å². The van der Waals surface area contributed by atoms with E-state index < -0.39 is 20.7 Å². The minimum atomic E-state index is -3.90. The van der Waals surface area contributed by atoms with Gasteiger partial charge in [-0.1, -0.05) is 18.2 Å². The van der Waals surface area contributed by atoms with Gasteiger partial charge in [0.15, 0.2) is 0 Å². The van der Waals surface area contributed by atoms with Crippen LogP contribution in [0.2, 0.25) is 0 Å². The first-order valence-electron chi connectivity index (χ1n) is 6.56. The number of rotatable bonds is 4. The first kappa shape index (κ1) is 16.5. The number of benzene rings is 1. The van der Waals surface area contributed by atoms with Crippen LogP contribution in [0, 0.1) is 11.3 Å². The molecule has 0 saturated heterocycles. The Morgan fingerprint density at radius 1 is 1.30 bits per heavy atom. The molecular weight excluding hydrogens is 316 g/mol. The third-order valence-electron chi connectivity index (χ3n) is 3.17. The van der Waals surface area contributed by atoms with Gasteiger partial charge < -0.3 is 9.30 Å². The molecule has 0 aliphatic carbocycles. The van der Waals surface area contributed by atoms with E-state index in [1.54, 1.807) is 37.5 Å². The Morgan fingerprint density at radius 2 is 1.96 bits per heavy atom. The molecule has 0 atom stereocenters. The van der Waals surface area contributed by atoms with Crippen LogP contribution in [0.4, 0.5) is 0 Å². The molecule has 0 unspecified atom stereocenters. The van der Waals surface area contributed by atoms with Crippen molar-refractivity contribution in [2.24, 2.45) is 7.05 Å². The van der Waals surface area contributed by atoms with Crippen LogP contribution in [0.1, 0.15) is 16.1 Å². The molecule has 0 aliphatic rings. The van der Waals surface area contributed by atoms with Gasteiger partial charge in [-0.2, -0.15) is 5.26 Å². The second-order valence-corrected chi connectivity index (χ2v) is 6.62. The third-order valence-corrected chi connectivity index (χ3v) is 4.85. The molecule has 0 fully saturated rings. The molecule has 0 radical (unpaired) electrons. The maximum absolute atomic E-state index is 12.5. The van der Waals surface area contributed by atoms with Crippen LogP contribution in [0.25, 0.3) is 6.08 Å². The van der Waals surface area contributed by atoms with E-state index in [1.807, 2.05) is 0 Å². The van der Waals surface area contributed by atoms with Crippen LogP contribution >= 0.6 is 0 Å². The lowest BCUT2D eigenvalue weighted by atomic mass is 10.3. The van der Waals surface area contributed by atoms with Crippen LogP contribution in [-0.2, 0) is 21.6 Å². The summed E-state index contributed by atoms with van der Waals surface area (Å²) in [7, 11) is -1.02. The summed E-state index contributed by atoms with van der Waals surface area (Å²) in [6.07, 6.45) is 2.78. The van der Waals surface area contributed by atoms with Gasteiger partial charge in [0.1, 0.15) is 16.7 Å². The van der Waals surface area contributed by atoms with Crippen LogP contribution in [0.15, 0.2) is 52.4 Å². The van der Waals surface area contributed by atoms with Gasteiger partial charge in [-0.15, -0.1) is 0 Å². The lowest BCUT2D eigenvalue weighted by molar-refractivity contribution is 0.0590. The molecule has 2 rings (SSSR count). The Kier molecular flexibility index (Phi) is 4.67. The van der Waals surface area contributed by atoms with E-state index in [9.17, 15) is 18.5 Å². The van der Waals surface area contributed by atoms with E-state index in [0.29, 0.717) is 5.56 Å². The number of ether oxygens (including phenoxy) is 1. The van der Waals surface area contributed by atoms with Crippen molar-refractivity contribution in [2.75, 3.05) is 7.11 Å². The molecule has 0 bridgehead atoms. The summed E-state index contributed by atoms with van der Waals surface area (Å²) in [6, 6.07) is 10.9. The van der Waals surface area contributed by atoms with Crippen LogP contribution < -0.4 is 0 Å². The highest BCUT2D eigenvalue weighted by atomic mass is 32.2. The van der Waals surface area contributed by atoms with E-state index >= 15 is 0 Å². The summed E-state index contributed by atoms with van der Waals surface area (Å²) in [5.74, 6) is -0.545. The Hall–Kier alpha value is -2.85. The number of aryl methyl sites for hydroxylation is 1. The summed E-state index contributed by atoms with van der Waals surface area (Å²) in [6.45, 7) is 0. The van der Waals surface area contributed by atoms with Gasteiger partial charge in [-0.25, -0.2) is 13.2 Å². The minimum Gasteiger partial charge on any atom is -0.464 e. The maximum Gasteiger partial charge on any atom is 0.354 e. The SMILES string of the molecule is COC(=O)c1cc(C=C(C#N)S(=O)(=O)c2ccccc2)cn1C. The molecule has 6 nitrogen and oxygen atoms in total. The zero-order valence-corrected chi connectivity index (χ0v) is 13.4. The Labute approximate surface area is 134 Å². The number of hydrogen-bond acceptors (Lipinski definition) is 5. The number of allylic oxidation sites excluding steroid dienone is 1. The number of sulfone groups is 1. The fourth-order valence-corrected chi connectivity index (χ4v) is 3.21. The molecule has 0 aliphatic heterocycles. The predicted octanol–water partition coefficient (Wildman–Crippen LogP) is 2.15. The van der Waals surface area contributed by atoms with Crippen LogP contribution in [0.5, 0.6) is 0 Å². The van der Waals surface area contributed by atoms with E-state index in [-0.39, 0.29) is 10.6 Å². The van der Waals surface area contributed by atoms with E-state index in [4.69, 9.17) is 0 Å². The van der Waals surface area contributed by atoms with Gasteiger partial charge in [0.2, 0.25) is 9.84 Å². The standard InChI is InChI=1S/C16H14N2O4S/c1-18-11-12(9-15(18)16(19)22-2)8-14(10-17)23(20,21)13-6-4-3-5-7-13/h3-9,11H,1-2H3. The fourth-order valence-electron chi connectivity index (χ4n) is 2.02. The number of nitrogens with zero attached hydrogens (tertiary/aromatic N) is 2. The zero-order chi connectivity index (χ0) is 17.0. The molecule has 118 valence electrons. The normalized spacial score (nSPS) is 11.8. The van der Waals surface area contributed by atoms with Crippen molar-refractivity contribution >= 4 is 21.9 Å². The van der Waals surface area contributed by atoms with Gasteiger partial charge in [-0.3, -0.25) is 0 Å². The van der Waals surface area contributed by atoms with Crippen molar-refractivity contribution in [1.82, 2.24) is 4.57 Å². The van der Waals surface area contributed by atoms with Crippen molar-refractivity contribution in [1.29, 1.82) is 5.26 Å². The fraction of sp³-hybridized carbons (Fsp3) is 0.125. The Bertz CT molecular complexity index is 903. The van der Waals surface area contributed by atoms with Crippen molar-refractivity contribution in [3.8, 4) is 6.07 Å². The molecule has 0 amide bonds. The minimum absolute atomic E-state index is 0.0388. The van der Waals surface area contributed by atoms with E-state index in [1.165, 1.54) is 36.0 Å². The first-order chi connectivity index (χ1) is 10.9. The second-order valence-electron chi connectivity index (χ2n) is 4.70. The topological polar surface area (TPSA) is 89.2 Å². The summed E-state index contributed by atoms with van der Waals surface area (Å²) in [5, 5.41) is 9.22. The Morgan fingerprint density at radius 3 is 2.52 bits per heavy atom. The van der Waals surface area contributed by atoms with E-state index in [0.717, 1.165) is 0 Å². The zero-order valence-electron chi connectivity index (χ0n) is 12.6. The number of methoxy groups -OCH3 is 1. The van der Waals surface area contributed by atoms with Gasteiger partial charge in [0.25, 0.3) is 0 Å². The van der Waals surface area contributed by atoms with Crippen molar-refractivity contribution in [3.63, 3.8) is 0 Å². The molecule has 0 spiro atoms. The number of aromatic nitrogens is 1. The average Bonchev–Trinajstić information content (AvgIpc) is 2.93. The molecule has 1 aromatic heterocycles. The lowest BCUT2D eigenvalue weighted by Gasteiger charge is -2.01. The average molecular weight is 330 g/mol. The van der Waals surface area contributed by atoms with Crippen molar-refractivity contribution < 1.29 is 17.9 Å². The smallest absolute Gasteiger partial charge is 0.354 e. The quantitative estimate of drug-likeness (QED) is 0.633. The van der Waals surface area contributed by atoms with Crippen molar-refractivity contribution in [3.05, 3.63) is 58.8 Å². The molecular formula is C16H14N2O4S. The van der Waals surface area contributed by atoms with Gasteiger partial charge in [0.05, 0.1) is 12.0 Å². The highest BCUT2D eigenvalue weighted by Gasteiger charge is 2.21. The number of esters is 1. The number of hydrogen-bond donors (Lipinski definition) is 0. The number of carbonyl (C=O) groups is 1. The molecule has 23 heavy (non-hydrogen) atoms. The number of carbonyl (C=O) groups excluding carboxylic acids is 1. The highest BCUT2D eigenvalue weighted by Crippen LogP contribution is 2.21. The largest absolute Gasteiger partial charge is 0.464 e. The first-order valence-corrected chi connectivity index (χ1v) is 8.05. The molecule has 1 heterocycles. The van der Waals surface area contributed by atoms with Crippen LogP contribution in [0.3, 0.4) is 0 Å². The maximum atomic E-state index is 12.5.